The predicted octanol–water partition coefficient (Wildman–Crippen LogP) is 3.52. The van der Waals surface area contributed by atoms with Crippen LogP contribution in [0.4, 0.5) is 18.6 Å². The van der Waals surface area contributed by atoms with Crippen LogP contribution >= 0.6 is 0 Å². The molecule has 0 aromatic carbocycles. The van der Waals surface area contributed by atoms with E-state index >= 15 is 0 Å². The van der Waals surface area contributed by atoms with Crippen molar-refractivity contribution in [1.82, 2.24) is 0 Å². The standard InChI is InChI=1S/2C5H5N.6FH.Ti/c2*1-2-4-6-5-3-1;;;;;;;/h2*1-5H;6*1H;/q;;;;;;;;+4/p-4. The Bertz CT molecular complexity index is 348. The maximum absolute atomic E-state index is 11.2. The van der Waals surface area contributed by atoms with Crippen molar-refractivity contribution in [3.05, 3.63) is 61.2 Å². The SMILES string of the molecule is [F][Ti-2]([F])([F])([F])([F])[F].c1cc[nH+]cc1.c1cc[nH+]cc1. The van der Waals surface area contributed by atoms with Crippen LogP contribution in [-0.2, 0) is 17.2 Å². The Labute approximate surface area is 107 Å². The molecule has 0 saturated carbocycles. The van der Waals surface area contributed by atoms with Gasteiger partial charge in [0.05, 0.1) is 0 Å². The van der Waals surface area contributed by atoms with Gasteiger partial charge in [-0.05, 0) is 0 Å². The molecule has 108 valence electrons. The van der Waals surface area contributed by atoms with Crippen LogP contribution in [0.25, 0.3) is 0 Å². The third-order valence-electron chi connectivity index (χ3n) is 1.21. The van der Waals surface area contributed by atoms with E-state index < -0.39 is 17.2 Å². The first-order valence-electron chi connectivity index (χ1n) is 4.96. The number of aromatic amines is 2. The van der Waals surface area contributed by atoms with Gasteiger partial charge in [0.15, 0.2) is 24.8 Å². The first-order chi connectivity index (χ1) is 8.45. The molecule has 0 spiro atoms. The summed E-state index contributed by atoms with van der Waals surface area (Å²) in [5, 5.41) is 0. The minimum Gasteiger partial charge on any atom is -0.218 e. The van der Waals surface area contributed by atoms with Gasteiger partial charge in [0, 0.05) is 24.3 Å². The molecule has 2 N–H and O–H groups in total. The van der Waals surface area contributed by atoms with E-state index in [2.05, 4.69) is 9.97 Å². The molecule has 2 heterocycles. The Morgan fingerprint density at radius 3 is 0.737 bits per heavy atom. The van der Waals surface area contributed by atoms with Gasteiger partial charge in [-0.3, -0.25) is 0 Å². The number of halogens is 6. The fourth-order valence-electron chi connectivity index (χ4n) is 0.684. The Balaban J connectivity index is 0.000000256. The minimum atomic E-state index is -11.2. The predicted molar refractivity (Wildman–Crippen MR) is 52.6 cm³/mol. The van der Waals surface area contributed by atoms with Crippen molar-refractivity contribution in [1.29, 1.82) is 0 Å². The molecule has 0 bridgehead atoms. The maximum atomic E-state index is 9.92. The van der Waals surface area contributed by atoms with Gasteiger partial charge in [0.1, 0.15) is 0 Å². The third-order valence-corrected chi connectivity index (χ3v) is 1.21. The zero-order valence-electron chi connectivity index (χ0n) is 9.54. The molecule has 19 heavy (non-hydrogen) atoms. The van der Waals surface area contributed by atoms with E-state index in [1.165, 1.54) is 0 Å². The van der Waals surface area contributed by atoms with Gasteiger partial charge in [-0.25, -0.2) is 9.97 Å². The van der Waals surface area contributed by atoms with E-state index in [0.29, 0.717) is 0 Å². The Morgan fingerprint density at radius 1 is 0.474 bits per heavy atom. The van der Waals surface area contributed by atoms with Gasteiger partial charge < -0.3 is 0 Å². The first kappa shape index (κ1) is 17.6. The van der Waals surface area contributed by atoms with Crippen LogP contribution in [0.15, 0.2) is 61.2 Å². The van der Waals surface area contributed by atoms with Crippen LogP contribution in [0, 0.1) is 0 Å². The van der Waals surface area contributed by atoms with Crippen molar-refractivity contribution >= 4 is 0 Å². The molecule has 0 unspecified atom stereocenters. The van der Waals surface area contributed by atoms with E-state index in [9.17, 15) is 18.6 Å². The summed E-state index contributed by atoms with van der Waals surface area (Å²) in [6.07, 6.45) is 7.50. The molecular weight excluding hydrogens is 310 g/mol. The van der Waals surface area contributed by atoms with Crippen LogP contribution < -0.4 is 9.97 Å². The van der Waals surface area contributed by atoms with E-state index in [1.807, 2.05) is 61.2 Å². The van der Waals surface area contributed by atoms with E-state index in [1.54, 1.807) is 0 Å². The Morgan fingerprint density at radius 2 is 0.684 bits per heavy atom. The van der Waals surface area contributed by atoms with Crippen molar-refractivity contribution in [2.24, 2.45) is 0 Å². The van der Waals surface area contributed by atoms with E-state index in [0.717, 1.165) is 0 Å². The summed E-state index contributed by atoms with van der Waals surface area (Å²) >= 11 is -11.2. The fraction of sp³-hybridized carbons (Fsp3) is 0. The topological polar surface area (TPSA) is 28.3 Å². The van der Waals surface area contributed by atoms with Crippen LogP contribution in [0.3, 0.4) is 0 Å². The van der Waals surface area contributed by atoms with E-state index in [4.69, 9.17) is 0 Å². The number of nitrogens with one attached hydrogen (secondary N) is 2. The summed E-state index contributed by atoms with van der Waals surface area (Å²) < 4.78 is 59.5. The van der Waals surface area contributed by atoms with Crippen LogP contribution in [0.2, 0.25) is 0 Å². The average molecular weight is 322 g/mol. The minimum absolute atomic E-state index is 1.88. The third kappa shape index (κ3) is 31.5. The summed E-state index contributed by atoms with van der Waals surface area (Å²) in [4.78, 5) is 5.78. The number of hydrogen-bond acceptors (Lipinski definition) is 0. The monoisotopic (exact) mass is 322 g/mol. The number of rotatable bonds is 0. The molecule has 2 aromatic heterocycles. The molecule has 0 atom stereocenters. The summed E-state index contributed by atoms with van der Waals surface area (Å²) in [7, 11) is 0. The van der Waals surface area contributed by atoms with Gasteiger partial charge in [-0.1, -0.05) is 12.1 Å². The van der Waals surface area contributed by atoms with Crippen molar-refractivity contribution in [3.8, 4) is 0 Å². The normalized spacial score (nSPS) is 13.6. The van der Waals surface area contributed by atoms with Crippen LogP contribution in [0.1, 0.15) is 0 Å². The molecule has 0 saturated heterocycles. The second-order valence-electron chi connectivity index (χ2n) is 3.23. The van der Waals surface area contributed by atoms with Gasteiger partial charge in [0.2, 0.25) is 0 Å². The molecule has 0 amide bonds. The van der Waals surface area contributed by atoms with Crippen molar-refractivity contribution < 1.29 is 45.8 Å². The first-order valence-corrected chi connectivity index (χ1v) is 8.50. The van der Waals surface area contributed by atoms with Crippen molar-refractivity contribution in [2.45, 2.75) is 0 Å². The summed E-state index contributed by atoms with van der Waals surface area (Å²) in [6.45, 7) is 0. The molecule has 0 aliphatic heterocycles. The molecule has 2 rings (SSSR count). The molecule has 0 aliphatic carbocycles. The summed E-state index contributed by atoms with van der Waals surface area (Å²) in [6, 6.07) is 11.7. The van der Waals surface area contributed by atoms with Crippen LogP contribution in [-0.4, -0.2) is 0 Å². The Kier molecular flexibility index (Phi) is 5.70. The number of hydrogen-bond donors (Lipinski definition) is 0. The summed E-state index contributed by atoms with van der Waals surface area (Å²) in [5.74, 6) is 0. The molecule has 2 nitrogen and oxygen atoms in total. The molecule has 0 aliphatic rings. The van der Waals surface area contributed by atoms with Gasteiger partial charge in [-0.15, -0.1) is 0 Å². The fourth-order valence-corrected chi connectivity index (χ4v) is 0.684. The zero-order valence-corrected chi connectivity index (χ0v) is 11.1. The average Bonchev–Trinajstić information content (AvgIpc) is 2.30. The molecular formula is C10H12F6N2Ti. The smallest absolute Gasteiger partial charge is 0.166 e. The quantitative estimate of drug-likeness (QED) is 0.524. The number of pyridine rings is 2. The maximum Gasteiger partial charge on any atom is 0.166 e. The van der Waals surface area contributed by atoms with Gasteiger partial charge in [0.25, 0.3) is 0 Å². The molecule has 0 radical (unpaired) electrons. The van der Waals surface area contributed by atoms with E-state index in [-0.39, 0.29) is 0 Å². The largest absolute Gasteiger partial charge is 0.218 e. The molecule has 2 aromatic rings. The van der Waals surface area contributed by atoms with Gasteiger partial charge in [-0.2, -0.15) is 0 Å². The zero-order chi connectivity index (χ0) is 14.9. The molecule has 0 fully saturated rings. The Hall–Kier alpha value is -1.41. The van der Waals surface area contributed by atoms with Crippen molar-refractivity contribution in [2.75, 3.05) is 0 Å². The second-order valence-corrected chi connectivity index (χ2v) is 6.57. The number of H-pyrrole nitrogens is 2. The second kappa shape index (κ2) is 6.16. The van der Waals surface area contributed by atoms with Crippen LogP contribution in [0.5, 0.6) is 0 Å². The summed E-state index contributed by atoms with van der Waals surface area (Å²) in [5.41, 5.74) is 0. The molecule has 9 heteroatoms. The number of aromatic nitrogens is 2. The van der Waals surface area contributed by atoms with Crippen molar-refractivity contribution in [3.63, 3.8) is 0 Å². The van der Waals surface area contributed by atoms with Gasteiger partial charge >= 0.3 is 35.8 Å².